The SMILES string of the molecule is Cc1ccc(NC(=O)c2nnsc2C(=O)c2ccc(Cl)cc2)cc1. The first-order chi connectivity index (χ1) is 11.5. The molecule has 0 spiro atoms. The van der Waals surface area contributed by atoms with E-state index in [1.165, 1.54) is 0 Å². The maximum atomic E-state index is 12.5. The van der Waals surface area contributed by atoms with Gasteiger partial charge in [-0.3, -0.25) is 9.59 Å². The second-order valence-electron chi connectivity index (χ2n) is 5.11. The summed E-state index contributed by atoms with van der Waals surface area (Å²) in [5.41, 5.74) is 2.15. The van der Waals surface area contributed by atoms with Gasteiger partial charge in [0.15, 0.2) is 5.69 Å². The van der Waals surface area contributed by atoms with Crippen molar-refractivity contribution >= 4 is 40.5 Å². The Labute approximate surface area is 147 Å². The van der Waals surface area contributed by atoms with E-state index in [-0.39, 0.29) is 16.4 Å². The molecule has 7 heteroatoms. The molecule has 3 aromatic rings. The Balaban J connectivity index is 1.84. The van der Waals surface area contributed by atoms with Gasteiger partial charge in [0, 0.05) is 16.3 Å². The van der Waals surface area contributed by atoms with Crippen molar-refractivity contribution in [2.75, 3.05) is 5.32 Å². The highest BCUT2D eigenvalue weighted by atomic mass is 35.5. The first kappa shape index (κ1) is 16.3. The van der Waals surface area contributed by atoms with Gasteiger partial charge in [0.1, 0.15) is 4.88 Å². The van der Waals surface area contributed by atoms with Crippen LogP contribution in [-0.2, 0) is 0 Å². The average molecular weight is 358 g/mol. The Bertz CT molecular complexity index is 889. The molecule has 0 saturated heterocycles. The Morgan fingerprint density at radius 3 is 2.38 bits per heavy atom. The smallest absolute Gasteiger partial charge is 0.277 e. The quantitative estimate of drug-likeness (QED) is 0.717. The molecular weight excluding hydrogens is 346 g/mol. The van der Waals surface area contributed by atoms with E-state index < -0.39 is 5.91 Å². The van der Waals surface area contributed by atoms with Crippen LogP contribution in [0.3, 0.4) is 0 Å². The van der Waals surface area contributed by atoms with E-state index in [9.17, 15) is 9.59 Å². The molecule has 1 aromatic heterocycles. The lowest BCUT2D eigenvalue weighted by atomic mass is 10.1. The van der Waals surface area contributed by atoms with Crippen LogP contribution in [-0.4, -0.2) is 21.3 Å². The molecule has 0 bridgehead atoms. The van der Waals surface area contributed by atoms with Gasteiger partial charge in [-0.2, -0.15) is 0 Å². The lowest BCUT2D eigenvalue weighted by Gasteiger charge is -2.05. The number of rotatable bonds is 4. The number of hydrogen-bond donors (Lipinski definition) is 1. The molecular formula is C17H12ClN3O2S. The normalized spacial score (nSPS) is 10.4. The molecule has 120 valence electrons. The molecule has 3 rings (SSSR count). The van der Waals surface area contributed by atoms with Gasteiger partial charge in [0.25, 0.3) is 5.91 Å². The fourth-order valence-electron chi connectivity index (χ4n) is 2.05. The molecule has 2 aromatic carbocycles. The Hall–Kier alpha value is -2.57. The van der Waals surface area contributed by atoms with Gasteiger partial charge in [-0.25, -0.2) is 0 Å². The van der Waals surface area contributed by atoms with E-state index in [1.54, 1.807) is 36.4 Å². The van der Waals surface area contributed by atoms with Crippen molar-refractivity contribution in [3.8, 4) is 0 Å². The molecule has 0 aliphatic heterocycles. The summed E-state index contributed by atoms with van der Waals surface area (Å²) in [6.45, 7) is 1.96. The number of halogens is 1. The van der Waals surface area contributed by atoms with E-state index in [4.69, 9.17) is 11.6 Å². The lowest BCUT2D eigenvalue weighted by Crippen LogP contribution is -2.16. The number of hydrogen-bond acceptors (Lipinski definition) is 5. The Kier molecular flexibility index (Phi) is 4.69. The van der Waals surface area contributed by atoms with E-state index in [2.05, 4.69) is 14.9 Å². The standard InChI is InChI=1S/C17H12ClN3O2S/c1-10-2-8-13(9-3-10)19-17(23)14-16(24-21-20-14)15(22)11-4-6-12(18)7-5-11/h2-9H,1H3,(H,19,23). The highest BCUT2D eigenvalue weighted by Gasteiger charge is 2.23. The van der Waals surface area contributed by atoms with E-state index in [1.807, 2.05) is 19.1 Å². The molecule has 0 aliphatic carbocycles. The summed E-state index contributed by atoms with van der Waals surface area (Å²) in [4.78, 5) is 25.1. The summed E-state index contributed by atoms with van der Waals surface area (Å²) in [6, 6.07) is 13.8. The molecule has 0 aliphatic rings. The summed E-state index contributed by atoms with van der Waals surface area (Å²) in [7, 11) is 0. The number of ketones is 1. The Morgan fingerprint density at radius 1 is 1.04 bits per heavy atom. The van der Waals surface area contributed by atoms with Crippen molar-refractivity contribution in [1.82, 2.24) is 9.59 Å². The molecule has 1 amide bonds. The highest BCUT2D eigenvalue weighted by Crippen LogP contribution is 2.19. The van der Waals surface area contributed by atoms with Crippen LogP contribution in [0.2, 0.25) is 5.02 Å². The summed E-state index contributed by atoms with van der Waals surface area (Å²) in [6.07, 6.45) is 0. The molecule has 0 radical (unpaired) electrons. The molecule has 1 heterocycles. The maximum Gasteiger partial charge on any atom is 0.277 e. The average Bonchev–Trinajstić information content (AvgIpc) is 3.07. The van der Waals surface area contributed by atoms with Crippen LogP contribution in [0.1, 0.15) is 31.3 Å². The van der Waals surface area contributed by atoms with Gasteiger partial charge in [-0.05, 0) is 54.9 Å². The van der Waals surface area contributed by atoms with Crippen LogP contribution in [0.4, 0.5) is 5.69 Å². The van der Waals surface area contributed by atoms with Crippen molar-refractivity contribution in [1.29, 1.82) is 0 Å². The van der Waals surface area contributed by atoms with Crippen molar-refractivity contribution < 1.29 is 9.59 Å². The van der Waals surface area contributed by atoms with Crippen LogP contribution in [0, 0.1) is 6.92 Å². The van der Waals surface area contributed by atoms with Gasteiger partial charge in [-0.15, -0.1) is 5.10 Å². The maximum absolute atomic E-state index is 12.5. The van der Waals surface area contributed by atoms with E-state index in [0.29, 0.717) is 16.3 Å². The zero-order valence-corrected chi connectivity index (χ0v) is 14.2. The van der Waals surface area contributed by atoms with Crippen LogP contribution in [0.15, 0.2) is 48.5 Å². The molecule has 0 atom stereocenters. The summed E-state index contributed by atoms with van der Waals surface area (Å²) < 4.78 is 3.75. The zero-order chi connectivity index (χ0) is 17.1. The molecule has 5 nitrogen and oxygen atoms in total. The molecule has 0 unspecified atom stereocenters. The largest absolute Gasteiger partial charge is 0.321 e. The third kappa shape index (κ3) is 3.50. The third-order valence-electron chi connectivity index (χ3n) is 3.33. The fourth-order valence-corrected chi connectivity index (χ4v) is 2.80. The number of carbonyl (C=O) groups is 2. The number of benzene rings is 2. The van der Waals surface area contributed by atoms with Gasteiger partial charge in [0.2, 0.25) is 5.78 Å². The number of nitrogens with zero attached hydrogens (tertiary/aromatic N) is 2. The zero-order valence-electron chi connectivity index (χ0n) is 12.6. The van der Waals surface area contributed by atoms with Gasteiger partial charge in [0.05, 0.1) is 0 Å². The van der Waals surface area contributed by atoms with Crippen molar-refractivity contribution in [2.24, 2.45) is 0 Å². The van der Waals surface area contributed by atoms with Gasteiger partial charge >= 0.3 is 0 Å². The number of anilines is 1. The van der Waals surface area contributed by atoms with Crippen LogP contribution < -0.4 is 5.32 Å². The fraction of sp³-hybridized carbons (Fsp3) is 0.0588. The predicted octanol–water partition coefficient (Wildman–Crippen LogP) is 3.98. The lowest BCUT2D eigenvalue weighted by molar-refractivity contribution is 0.0995. The highest BCUT2D eigenvalue weighted by molar-refractivity contribution is 7.08. The van der Waals surface area contributed by atoms with Crippen molar-refractivity contribution in [3.63, 3.8) is 0 Å². The topological polar surface area (TPSA) is 72.0 Å². The van der Waals surface area contributed by atoms with E-state index in [0.717, 1.165) is 17.1 Å². The molecule has 1 N–H and O–H groups in total. The molecule has 24 heavy (non-hydrogen) atoms. The monoisotopic (exact) mass is 357 g/mol. The minimum atomic E-state index is -0.468. The minimum absolute atomic E-state index is 0.0144. The number of nitrogens with one attached hydrogen (secondary N) is 1. The van der Waals surface area contributed by atoms with Crippen LogP contribution >= 0.6 is 23.1 Å². The van der Waals surface area contributed by atoms with Crippen LogP contribution in [0.5, 0.6) is 0 Å². The Morgan fingerprint density at radius 2 is 1.71 bits per heavy atom. The molecule has 0 fully saturated rings. The number of carbonyl (C=O) groups excluding carboxylic acids is 2. The third-order valence-corrected chi connectivity index (χ3v) is 4.30. The minimum Gasteiger partial charge on any atom is -0.321 e. The first-order valence-electron chi connectivity index (χ1n) is 7.05. The number of aromatic nitrogens is 2. The second kappa shape index (κ2) is 6.90. The summed E-state index contributed by atoms with van der Waals surface area (Å²) in [5, 5.41) is 7.06. The van der Waals surface area contributed by atoms with Gasteiger partial charge in [-0.1, -0.05) is 33.8 Å². The molecule has 0 saturated carbocycles. The number of aryl methyl sites for hydroxylation is 1. The van der Waals surface area contributed by atoms with Crippen molar-refractivity contribution in [3.05, 3.63) is 75.3 Å². The first-order valence-corrected chi connectivity index (χ1v) is 8.20. The van der Waals surface area contributed by atoms with Crippen molar-refractivity contribution in [2.45, 2.75) is 6.92 Å². The second-order valence-corrected chi connectivity index (χ2v) is 6.30. The summed E-state index contributed by atoms with van der Waals surface area (Å²) in [5.74, 6) is -0.777. The van der Waals surface area contributed by atoms with Crippen LogP contribution in [0.25, 0.3) is 0 Å². The van der Waals surface area contributed by atoms with Gasteiger partial charge < -0.3 is 5.32 Å². The number of amides is 1. The predicted molar refractivity (Wildman–Crippen MR) is 93.9 cm³/mol. The summed E-state index contributed by atoms with van der Waals surface area (Å²) >= 11 is 6.72. The van der Waals surface area contributed by atoms with E-state index >= 15 is 0 Å².